The molecule has 0 aromatic heterocycles. The minimum Gasteiger partial charge on any atom is -0.481 e. The van der Waals surface area contributed by atoms with Crippen molar-refractivity contribution in [3.05, 3.63) is 0 Å². The van der Waals surface area contributed by atoms with E-state index in [1.165, 1.54) is 19.3 Å². The van der Waals surface area contributed by atoms with Crippen molar-refractivity contribution in [3.63, 3.8) is 0 Å². The number of aliphatic carboxylic acids is 1. The summed E-state index contributed by atoms with van der Waals surface area (Å²) in [6.07, 6.45) is 6.44. The standard InChI is InChI=1S/C15H21NO3/c17-14(16-10-3-1-2-9(10)15(18)19)13-11-7-4-5-8(6-7)12(11)13/h7-13H,1-6H2,(H,16,17)(H,18,19). The molecule has 6 unspecified atom stereocenters. The number of rotatable bonds is 3. The minimum absolute atomic E-state index is 0.121. The van der Waals surface area contributed by atoms with Gasteiger partial charge in [0.25, 0.3) is 0 Å². The molecule has 4 aliphatic carbocycles. The van der Waals surface area contributed by atoms with Crippen molar-refractivity contribution in [3.8, 4) is 0 Å². The number of fused-ring (bicyclic) bond motifs is 5. The summed E-state index contributed by atoms with van der Waals surface area (Å²) >= 11 is 0. The summed E-state index contributed by atoms with van der Waals surface area (Å²) < 4.78 is 0. The van der Waals surface area contributed by atoms with Crippen LogP contribution in [0, 0.1) is 35.5 Å². The van der Waals surface area contributed by atoms with Gasteiger partial charge in [-0.25, -0.2) is 0 Å². The number of hydrogen-bond donors (Lipinski definition) is 2. The molecule has 104 valence electrons. The number of carboxylic acids is 1. The van der Waals surface area contributed by atoms with Crippen molar-refractivity contribution in [2.45, 2.75) is 44.6 Å². The first-order chi connectivity index (χ1) is 9.16. The van der Waals surface area contributed by atoms with Crippen molar-refractivity contribution in [2.24, 2.45) is 35.5 Å². The van der Waals surface area contributed by atoms with Crippen LogP contribution in [0.3, 0.4) is 0 Å². The Morgan fingerprint density at radius 2 is 1.68 bits per heavy atom. The number of amides is 1. The van der Waals surface area contributed by atoms with Gasteiger partial charge in [0.1, 0.15) is 0 Å². The summed E-state index contributed by atoms with van der Waals surface area (Å²) in [7, 11) is 0. The molecule has 0 spiro atoms. The smallest absolute Gasteiger partial charge is 0.308 e. The first-order valence-corrected chi connectivity index (χ1v) is 7.70. The Labute approximate surface area is 112 Å². The van der Waals surface area contributed by atoms with Gasteiger partial charge in [-0.05, 0) is 55.8 Å². The normalized spacial score (nSPS) is 50.0. The first kappa shape index (κ1) is 11.7. The van der Waals surface area contributed by atoms with Gasteiger partial charge in [0.2, 0.25) is 5.91 Å². The van der Waals surface area contributed by atoms with E-state index in [0.29, 0.717) is 18.3 Å². The van der Waals surface area contributed by atoms with Crippen LogP contribution in [0.2, 0.25) is 0 Å². The monoisotopic (exact) mass is 263 g/mol. The molecular weight excluding hydrogens is 242 g/mol. The average Bonchev–Trinajstić information content (AvgIpc) is 2.75. The van der Waals surface area contributed by atoms with Crippen LogP contribution in [-0.2, 0) is 9.59 Å². The van der Waals surface area contributed by atoms with E-state index >= 15 is 0 Å². The Morgan fingerprint density at radius 3 is 2.32 bits per heavy atom. The van der Waals surface area contributed by atoms with Gasteiger partial charge in [0, 0.05) is 12.0 Å². The van der Waals surface area contributed by atoms with Crippen LogP contribution >= 0.6 is 0 Å². The molecule has 4 fully saturated rings. The van der Waals surface area contributed by atoms with E-state index in [-0.39, 0.29) is 23.8 Å². The molecular formula is C15H21NO3. The van der Waals surface area contributed by atoms with E-state index in [9.17, 15) is 9.59 Å². The number of carboxylic acid groups (broad SMARTS) is 1. The van der Waals surface area contributed by atoms with Crippen molar-refractivity contribution < 1.29 is 14.7 Å². The van der Waals surface area contributed by atoms with Gasteiger partial charge in [-0.2, -0.15) is 0 Å². The van der Waals surface area contributed by atoms with Crippen LogP contribution in [-0.4, -0.2) is 23.0 Å². The van der Waals surface area contributed by atoms with Crippen molar-refractivity contribution in [1.82, 2.24) is 5.32 Å². The summed E-state index contributed by atoms with van der Waals surface area (Å²) in [6, 6.07) is -0.121. The molecule has 4 aliphatic rings. The van der Waals surface area contributed by atoms with Gasteiger partial charge in [-0.3, -0.25) is 9.59 Å². The van der Waals surface area contributed by atoms with Gasteiger partial charge in [-0.15, -0.1) is 0 Å². The quantitative estimate of drug-likeness (QED) is 0.813. The molecule has 4 nitrogen and oxygen atoms in total. The zero-order valence-electron chi connectivity index (χ0n) is 11.0. The molecule has 0 aromatic carbocycles. The molecule has 19 heavy (non-hydrogen) atoms. The number of nitrogens with one attached hydrogen (secondary N) is 1. The third-order valence-corrected chi connectivity index (χ3v) is 6.20. The van der Waals surface area contributed by atoms with E-state index in [4.69, 9.17) is 5.11 Å². The molecule has 6 atom stereocenters. The van der Waals surface area contributed by atoms with Gasteiger partial charge >= 0.3 is 5.97 Å². The molecule has 0 saturated heterocycles. The zero-order chi connectivity index (χ0) is 13.1. The third-order valence-electron chi connectivity index (χ3n) is 6.20. The summed E-state index contributed by atoms with van der Waals surface area (Å²) in [5, 5.41) is 12.2. The van der Waals surface area contributed by atoms with Gasteiger partial charge in [0.05, 0.1) is 5.92 Å². The molecule has 4 saturated carbocycles. The number of hydrogen-bond acceptors (Lipinski definition) is 2. The maximum Gasteiger partial charge on any atom is 0.308 e. The highest BCUT2D eigenvalue weighted by Gasteiger charge is 2.67. The van der Waals surface area contributed by atoms with Crippen LogP contribution < -0.4 is 5.32 Å². The fraction of sp³-hybridized carbons (Fsp3) is 0.867. The minimum atomic E-state index is -0.751. The maximum absolute atomic E-state index is 12.4. The SMILES string of the molecule is O=C(O)C1CCCC1NC(=O)C1C2C3CCC(C3)C12. The lowest BCUT2D eigenvalue weighted by Crippen LogP contribution is -2.41. The summed E-state index contributed by atoms with van der Waals surface area (Å²) in [4.78, 5) is 23.5. The second-order valence-corrected chi connectivity index (χ2v) is 7.00. The lowest BCUT2D eigenvalue weighted by atomic mass is 10.0. The molecule has 0 radical (unpaired) electrons. The predicted molar refractivity (Wildman–Crippen MR) is 68.2 cm³/mol. The Morgan fingerprint density at radius 1 is 1.00 bits per heavy atom. The summed E-state index contributed by atoms with van der Waals surface area (Å²) in [6.45, 7) is 0. The molecule has 2 N–H and O–H groups in total. The van der Waals surface area contributed by atoms with Crippen LogP contribution in [0.15, 0.2) is 0 Å². The Bertz CT molecular complexity index is 419. The maximum atomic E-state index is 12.4. The second kappa shape index (κ2) is 3.97. The van der Waals surface area contributed by atoms with Crippen molar-refractivity contribution >= 4 is 11.9 Å². The van der Waals surface area contributed by atoms with E-state index in [0.717, 1.165) is 24.7 Å². The Hall–Kier alpha value is -1.06. The molecule has 0 heterocycles. The molecule has 0 aromatic rings. The topological polar surface area (TPSA) is 66.4 Å². The predicted octanol–water partition coefficient (Wildman–Crippen LogP) is 1.65. The van der Waals surface area contributed by atoms with Gasteiger partial charge < -0.3 is 10.4 Å². The highest BCUT2D eigenvalue weighted by molar-refractivity contribution is 5.84. The van der Waals surface area contributed by atoms with Crippen LogP contribution in [0.4, 0.5) is 0 Å². The molecule has 4 rings (SSSR count). The zero-order valence-corrected chi connectivity index (χ0v) is 11.0. The Balaban J connectivity index is 1.39. The van der Waals surface area contributed by atoms with Crippen molar-refractivity contribution in [2.75, 3.05) is 0 Å². The van der Waals surface area contributed by atoms with E-state index in [2.05, 4.69) is 5.32 Å². The molecule has 1 amide bonds. The van der Waals surface area contributed by atoms with Crippen molar-refractivity contribution in [1.29, 1.82) is 0 Å². The molecule has 2 bridgehead atoms. The highest BCUT2D eigenvalue weighted by Crippen LogP contribution is 2.69. The van der Waals surface area contributed by atoms with E-state index < -0.39 is 5.97 Å². The van der Waals surface area contributed by atoms with Gasteiger partial charge in [-0.1, -0.05) is 6.42 Å². The summed E-state index contributed by atoms with van der Waals surface area (Å²) in [5.41, 5.74) is 0. The average molecular weight is 263 g/mol. The first-order valence-electron chi connectivity index (χ1n) is 7.70. The lowest BCUT2D eigenvalue weighted by molar-refractivity contribution is -0.142. The van der Waals surface area contributed by atoms with Crippen LogP contribution in [0.25, 0.3) is 0 Å². The van der Waals surface area contributed by atoms with Crippen LogP contribution in [0.1, 0.15) is 38.5 Å². The highest BCUT2D eigenvalue weighted by atomic mass is 16.4. The fourth-order valence-electron chi connectivity index (χ4n) is 5.38. The van der Waals surface area contributed by atoms with E-state index in [1.807, 2.05) is 0 Å². The largest absolute Gasteiger partial charge is 0.481 e. The lowest BCUT2D eigenvalue weighted by Gasteiger charge is -2.18. The molecule has 4 heteroatoms. The number of carbonyl (C=O) groups is 2. The molecule has 0 aliphatic heterocycles. The second-order valence-electron chi connectivity index (χ2n) is 7.00. The van der Waals surface area contributed by atoms with Gasteiger partial charge in [0.15, 0.2) is 0 Å². The Kier molecular flexibility index (Phi) is 2.45. The third kappa shape index (κ3) is 1.65. The number of carbonyl (C=O) groups excluding carboxylic acids is 1. The fourth-order valence-corrected chi connectivity index (χ4v) is 5.38. The van der Waals surface area contributed by atoms with E-state index in [1.54, 1.807) is 0 Å². The van der Waals surface area contributed by atoms with Crippen LogP contribution in [0.5, 0.6) is 0 Å². The summed E-state index contributed by atoms with van der Waals surface area (Å²) in [5.74, 6) is 2.14.